The third kappa shape index (κ3) is 5.42. The second kappa shape index (κ2) is 12.3. The van der Waals surface area contributed by atoms with Crippen LogP contribution in [0.1, 0.15) is 0 Å². The van der Waals surface area contributed by atoms with Crippen molar-refractivity contribution in [2.75, 3.05) is 0 Å². The summed E-state index contributed by atoms with van der Waals surface area (Å²) >= 11 is 0. The molecule has 6 nitrogen and oxygen atoms in total. The molecule has 0 spiro atoms. The molecule has 0 unspecified atom stereocenters. The van der Waals surface area contributed by atoms with Crippen molar-refractivity contribution < 1.29 is 19.0 Å². The van der Waals surface area contributed by atoms with Crippen LogP contribution in [0.2, 0.25) is 0 Å². The molecule has 4 aromatic heterocycles. The largest absolute Gasteiger partial charge is 0.506 e. The molecule has 0 saturated carbocycles. The van der Waals surface area contributed by atoms with E-state index >= 15 is 0 Å². The maximum Gasteiger partial charge on any atom is 0.137 e. The van der Waals surface area contributed by atoms with Crippen LogP contribution in [-0.4, -0.2) is 20.2 Å². The minimum absolute atomic E-state index is 0.0732. The average Bonchev–Trinajstić information content (AvgIpc) is 3.89. The number of phenols is 2. The van der Waals surface area contributed by atoms with Gasteiger partial charge in [-0.3, -0.25) is 0 Å². The number of furan rings is 2. The Hall–Kier alpha value is -6.66. The number of rotatable bonds is 7. The number of aromatic nitrogens is 2. The van der Waals surface area contributed by atoms with Crippen LogP contribution in [0.5, 0.6) is 11.5 Å². The lowest BCUT2D eigenvalue weighted by Crippen LogP contribution is -1.94. The van der Waals surface area contributed by atoms with Gasteiger partial charge in [-0.05, 0) is 95.1 Å². The number of hydrogen-bond donors (Lipinski definition) is 2. The Labute approximate surface area is 276 Å². The summed E-state index contributed by atoms with van der Waals surface area (Å²) in [7, 11) is 0. The van der Waals surface area contributed by atoms with E-state index in [1.165, 1.54) is 0 Å². The van der Waals surface area contributed by atoms with Gasteiger partial charge >= 0.3 is 0 Å². The van der Waals surface area contributed by atoms with Crippen molar-refractivity contribution in [2.24, 2.45) is 0 Å². The van der Waals surface area contributed by atoms with Crippen LogP contribution in [0.3, 0.4) is 0 Å². The van der Waals surface area contributed by atoms with Crippen LogP contribution in [0.15, 0.2) is 167 Å². The van der Waals surface area contributed by atoms with E-state index in [2.05, 4.69) is 0 Å². The Bertz CT molecular complexity index is 2180. The SMILES string of the molecule is Oc1c(-c2cccc(-c3cccc(-c4cc(-c5ccccc5)cc(-c5ccco5)c4O)n3)n2)cc(-c2ccccc2)cc1-c1ccco1. The third-order valence-corrected chi connectivity index (χ3v) is 8.32. The summed E-state index contributed by atoms with van der Waals surface area (Å²) in [6, 6.07) is 46.3. The maximum absolute atomic E-state index is 11.5. The van der Waals surface area contributed by atoms with E-state index < -0.39 is 0 Å². The quantitative estimate of drug-likeness (QED) is 0.183. The van der Waals surface area contributed by atoms with E-state index in [0.717, 1.165) is 22.3 Å². The molecule has 0 aliphatic rings. The van der Waals surface area contributed by atoms with Crippen molar-refractivity contribution in [1.82, 2.24) is 9.97 Å². The molecule has 4 aromatic carbocycles. The summed E-state index contributed by atoms with van der Waals surface area (Å²) < 4.78 is 11.4. The standard InChI is InChI=1S/C42H28N2O4/c45-41-31(23-29(27-11-3-1-4-12-27)25-33(41)39-19-9-21-47-39)35-15-7-17-37(43-35)38-18-8-16-36(44-38)32-24-30(28-13-5-2-6-14-28)26-34(42(32)46)40-20-10-22-48-40/h1-26,45-46H. The number of nitrogens with zero attached hydrogens (tertiary/aromatic N) is 2. The van der Waals surface area contributed by atoms with Crippen LogP contribution in [-0.2, 0) is 0 Å². The highest BCUT2D eigenvalue weighted by Crippen LogP contribution is 2.43. The molecule has 48 heavy (non-hydrogen) atoms. The summed E-state index contributed by atoms with van der Waals surface area (Å²) in [6.45, 7) is 0. The minimum atomic E-state index is 0.0732. The van der Waals surface area contributed by atoms with E-state index in [9.17, 15) is 10.2 Å². The molecule has 8 aromatic rings. The molecular formula is C42H28N2O4. The Morgan fingerprint density at radius 1 is 0.354 bits per heavy atom. The Morgan fingerprint density at radius 2 is 0.750 bits per heavy atom. The highest BCUT2D eigenvalue weighted by Gasteiger charge is 2.20. The van der Waals surface area contributed by atoms with Crippen molar-refractivity contribution in [1.29, 1.82) is 0 Å². The molecular weight excluding hydrogens is 596 g/mol. The molecule has 8 rings (SSSR count). The van der Waals surface area contributed by atoms with Gasteiger partial charge in [-0.2, -0.15) is 0 Å². The summed E-state index contributed by atoms with van der Waals surface area (Å²) in [5, 5.41) is 23.1. The Morgan fingerprint density at radius 3 is 1.15 bits per heavy atom. The number of aromatic hydroxyl groups is 2. The molecule has 0 saturated heterocycles. The molecule has 230 valence electrons. The zero-order valence-corrected chi connectivity index (χ0v) is 25.6. The summed E-state index contributed by atoms with van der Waals surface area (Å²) in [4.78, 5) is 9.96. The monoisotopic (exact) mass is 624 g/mol. The van der Waals surface area contributed by atoms with E-state index in [4.69, 9.17) is 18.8 Å². The van der Waals surface area contributed by atoms with Crippen molar-refractivity contribution in [2.45, 2.75) is 0 Å². The van der Waals surface area contributed by atoms with Gasteiger partial charge in [-0.1, -0.05) is 72.8 Å². The van der Waals surface area contributed by atoms with Gasteiger partial charge in [0.2, 0.25) is 0 Å². The van der Waals surface area contributed by atoms with Crippen molar-refractivity contribution in [3.05, 3.63) is 158 Å². The fourth-order valence-corrected chi connectivity index (χ4v) is 5.95. The second-order valence-corrected chi connectivity index (χ2v) is 11.3. The summed E-state index contributed by atoms with van der Waals surface area (Å²) in [6.07, 6.45) is 3.18. The lowest BCUT2D eigenvalue weighted by Gasteiger charge is -2.14. The molecule has 6 heteroatoms. The van der Waals surface area contributed by atoms with Crippen molar-refractivity contribution in [3.8, 4) is 90.3 Å². The lowest BCUT2D eigenvalue weighted by atomic mass is 9.95. The minimum Gasteiger partial charge on any atom is -0.506 e. The zero-order chi connectivity index (χ0) is 32.5. The molecule has 0 radical (unpaired) electrons. The van der Waals surface area contributed by atoms with Crippen LogP contribution >= 0.6 is 0 Å². The van der Waals surface area contributed by atoms with Gasteiger partial charge in [0, 0.05) is 11.1 Å². The van der Waals surface area contributed by atoms with Crippen LogP contribution in [0.25, 0.3) is 78.8 Å². The predicted octanol–water partition coefficient (Wildman–Crippen LogP) is 10.7. The molecule has 0 bridgehead atoms. The van der Waals surface area contributed by atoms with Gasteiger partial charge in [0.25, 0.3) is 0 Å². The molecule has 0 aliphatic carbocycles. The third-order valence-electron chi connectivity index (χ3n) is 8.32. The smallest absolute Gasteiger partial charge is 0.137 e. The van der Waals surface area contributed by atoms with E-state index in [0.29, 0.717) is 56.6 Å². The first-order chi connectivity index (χ1) is 23.6. The van der Waals surface area contributed by atoms with E-state index in [1.807, 2.05) is 133 Å². The first kappa shape index (κ1) is 28.8. The van der Waals surface area contributed by atoms with Crippen molar-refractivity contribution in [3.63, 3.8) is 0 Å². The zero-order valence-electron chi connectivity index (χ0n) is 25.6. The van der Waals surface area contributed by atoms with E-state index in [-0.39, 0.29) is 11.5 Å². The molecule has 4 heterocycles. The predicted molar refractivity (Wildman–Crippen MR) is 188 cm³/mol. The van der Waals surface area contributed by atoms with Crippen LogP contribution in [0, 0.1) is 0 Å². The Balaban J connectivity index is 1.24. The molecule has 0 atom stereocenters. The molecule has 0 amide bonds. The number of pyridine rings is 2. The highest BCUT2D eigenvalue weighted by atomic mass is 16.3. The molecule has 0 fully saturated rings. The second-order valence-electron chi connectivity index (χ2n) is 11.3. The van der Waals surface area contributed by atoms with Gasteiger partial charge in [-0.25, -0.2) is 9.97 Å². The van der Waals surface area contributed by atoms with Crippen LogP contribution < -0.4 is 0 Å². The fourth-order valence-electron chi connectivity index (χ4n) is 5.95. The van der Waals surface area contributed by atoms with Gasteiger partial charge in [0.15, 0.2) is 0 Å². The first-order valence-electron chi connectivity index (χ1n) is 15.5. The maximum atomic E-state index is 11.5. The fraction of sp³-hybridized carbons (Fsp3) is 0. The highest BCUT2D eigenvalue weighted by molar-refractivity contribution is 5.87. The number of benzene rings is 4. The van der Waals surface area contributed by atoms with Crippen molar-refractivity contribution >= 4 is 0 Å². The Kier molecular flexibility index (Phi) is 7.36. The van der Waals surface area contributed by atoms with Gasteiger partial charge < -0.3 is 19.0 Å². The summed E-state index contributed by atoms with van der Waals surface area (Å²) in [5.41, 5.74) is 8.52. The lowest BCUT2D eigenvalue weighted by molar-refractivity contribution is 0.475. The van der Waals surface area contributed by atoms with Gasteiger partial charge in [0.1, 0.15) is 23.0 Å². The van der Waals surface area contributed by atoms with Gasteiger partial charge in [-0.15, -0.1) is 0 Å². The van der Waals surface area contributed by atoms with Gasteiger partial charge in [0.05, 0.1) is 46.4 Å². The normalized spacial score (nSPS) is 11.1. The summed E-state index contributed by atoms with van der Waals surface area (Å²) in [5.74, 6) is 1.26. The molecule has 2 N–H and O–H groups in total. The number of hydrogen-bond acceptors (Lipinski definition) is 6. The number of phenolic OH excluding ortho intramolecular Hbond substituents is 2. The van der Waals surface area contributed by atoms with E-state index in [1.54, 1.807) is 24.7 Å². The van der Waals surface area contributed by atoms with Crippen LogP contribution in [0.4, 0.5) is 0 Å². The topological polar surface area (TPSA) is 92.5 Å². The first-order valence-corrected chi connectivity index (χ1v) is 15.5. The molecule has 0 aliphatic heterocycles. The average molecular weight is 625 g/mol.